The summed E-state index contributed by atoms with van der Waals surface area (Å²) in [7, 11) is -1.39. The highest BCUT2D eigenvalue weighted by molar-refractivity contribution is 7.99. The molecule has 13 heteroatoms. The molecule has 0 radical (unpaired) electrons. The average Bonchev–Trinajstić information content (AvgIpc) is 3.49. The van der Waals surface area contributed by atoms with Crippen molar-refractivity contribution in [1.29, 1.82) is 0 Å². The maximum atomic E-state index is 15.3. The number of amides is 1. The number of rotatable bonds is 11. The standard InChI is InChI=1S/C36H32N5O5PS.H2S/c1-24(36(43)45-3)40-47(44,46-33-16-10-12-25-11-4-5-14-28(25)33)41-32-23-27(48-34-17-7-6-15-30(34)35(42)37-2)19-20-29(32)31(39-41)21-18-26-13-8-9-22-38-26;/h4-24H,1-3H3,(H,37,42)(H,40,44);1H2/b21-18+;/t24-,47+;/m0./s1. The first-order valence-corrected chi connectivity index (χ1v) is 17.4. The second-order valence-corrected chi connectivity index (χ2v) is 13.7. The summed E-state index contributed by atoms with van der Waals surface area (Å²) in [4.78, 5) is 31.1. The van der Waals surface area contributed by atoms with Crippen LogP contribution in [0.4, 0.5) is 0 Å². The van der Waals surface area contributed by atoms with E-state index < -0.39 is 19.7 Å². The molecular weight excluding hydrogens is 678 g/mol. The van der Waals surface area contributed by atoms with Crippen LogP contribution in [0, 0.1) is 0 Å². The minimum Gasteiger partial charge on any atom is -0.468 e. The number of carbonyl (C=O) groups is 2. The SMILES string of the molecule is CNC(=O)c1ccccc1Sc1ccc2c(/C=C/c3ccccn3)nn([P@@](=O)(N[C@@H](C)C(=O)OC)Oc3cccc4ccccc34)c2c1.S. The first kappa shape index (κ1) is 35.4. The van der Waals surface area contributed by atoms with Gasteiger partial charge >= 0.3 is 13.6 Å². The van der Waals surface area contributed by atoms with E-state index in [4.69, 9.17) is 14.4 Å². The maximum Gasteiger partial charge on any atom is 0.440 e. The van der Waals surface area contributed by atoms with Crippen LogP contribution in [-0.4, -0.2) is 46.6 Å². The molecule has 6 rings (SSSR count). The zero-order chi connectivity index (χ0) is 33.7. The molecule has 2 aromatic heterocycles. The Bertz CT molecular complexity index is 2200. The zero-order valence-electron chi connectivity index (χ0n) is 26.9. The van der Waals surface area contributed by atoms with Crippen molar-refractivity contribution in [3.8, 4) is 5.75 Å². The molecule has 1 amide bonds. The smallest absolute Gasteiger partial charge is 0.440 e. The fourth-order valence-corrected chi connectivity index (χ4v) is 8.04. The topological polar surface area (TPSA) is 124 Å². The molecule has 10 nitrogen and oxygen atoms in total. The molecule has 0 spiro atoms. The Kier molecular flexibility index (Phi) is 11.3. The molecule has 0 saturated carbocycles. The van der Waals surface area contributed by atoms with Crippen molar-refractivity contribution in [3.63, 3.8) is 0 Å². The number of ether oxygens (including phenoxy) is 1. The van der Waals surface area contributed by atoms with Gasteiger partial charge in [-0.25, -0.2) is 9.65 Å². The van der Waals surface area contributed by atoms with Gasteiger partial charge < -0.3 is 14.6 Å². The van der Waals surface area contributed by atoms with Crippen LogP contribution in [-0.2, 0) is 14.1 Å². The number of nitrogens with one attached hydrogen (secondary N) is 2. The fraction of sp³-hybridized carbons (Fsp3) is 0.111. The number of nitrogens with zero attached hydrogens (tertiary/aromatic N) is 3. The minimum absolute atomic E-state index is 0. The van der Waals surface area contributed by atoms with E-state index in [1.165, 1.54) is 23.3 Å². The largest absolute Gasteiger partial charge is 0.468 e. The minimum atomic E-state index is -4.24. The van der Waals surface area contributed by atoms with Crippen molar-refractivity contribution in [1.82, 2.24) is 24.9 Å². The Morgan fingerprint density at radius 1 is 0.918 bits per heavy atom. The number of hydrogen-bond donors (Lipinski definition) is 2. The lowest BCUT2D eigenvalue weighted by molar-refractivity contribution is -0.142. The third-order valence-electron chi connectivity index (χ3n) is 7.48. The number of fused-ring (bicyclic) bond motifs is 2. The van der Waals surface area contributed by atoms with Crippen molar-refractivity contribution < 1.29 is 23.4 Å². The zero-order valence-corrected chi connectivity index (χ0v) is 29.6. The van der Waals surface area contributed by atoms with Crippen molar-refractivity contribution in [2.45, 2.75) is 22.8 Å². The van der Waals surface area contributed by atoms with E-state index in [1.807, 2.05) is 97.1 Å². The van der Waals surface area contributed by atoms with Gasteiger partial charge in [-0.15, -0.1) is 0 Å². The van der Waals surface area contributed by atoms with E-state index in [2.05, 4.69) is 15.4 Å². The van der Waals surface area contributed by atoms with Crippen LogP contribution in [0.5, 0.6) is 5.75 Å². The molecular formula is C36H34N5O5PS2. The lowest BCUT2D eigenvalue weighted by Gasteiger charge is -2.24. The molecule has 0 fully saturated rings. The van der Waals surface area contributed by atoms with Gasteiger partial charge in [-0.1, -0.05) is 66.4 Å². The molecule has 0 bridgehead atoms. The fourth-order valence-electron chi connectivity index (χ4n) is 5.14. The van der Waals surface area contributed by atoms with E-state index >= 15 is 4.57 Å². The van der Waals surface area contributed by atoms with Gasteiger partial charge in [0.1, 0.15) is 11.8 Å². The molecule has 250 valence electrons. The molecule has 49 heavy (non-hydrogen) atoms. The normalized spacial score (nSPS) is 13.0. The van der Waals surface area contributed by atoms with Crippen LogP contribution in [0.25, 0.3) is 33.8 Å². The third-order valence-corrected chi connectivity index (χ3v) is 10.5. The van der Waals surface area contributed by atoms with E-state index in [0.717, 1.165) is 20.6 Å². The number of hydrogen-bond acceptors (Lipinski definition) is 8. The van der Waals surface area contributed by atoms with Crippen molar-refractivity contribution in [2.24, 2.45) is 0 Å². The predicted octanol–water partition coefficient (Wildman–Crippen LogP) is 7.56. The Morgan fingerprint density at radius 2 is 1.67 bits per heavy atom. The number of carbonyl (C=O) groups excluding carboxylic acids is 2. The first-order chi connectivity index (χ1) is 23.3. The summed E-state index contributed by atoms with van der Waals surface area (Å²) in [5.41, 5.74) is 2.22. The van der Waals surface area contributed by atoms with Crippen LogP contribution in [0.1, 0.15) is 28.7 Å². The Hall–Kier alpha value is -4.87. The van der Waals surface area contributed by atoms with Crippen molar-refractivity contribution >= 4 is 78.6 Å². The summed E-state index contributed by atoms with van der Waals surface area (Å²) >= 11 is 1.38. The van der Waals surface area contributed by atoms with Gasteiger partial charge in [-0.2, -0.15) is 23.0 Å². The van der Waals surface area contributed by atoms with Gasteiger partial charge in [-0.05, 0) is 73.0 Å². The van der Waals surface area contributed by atoms with Gasteiger partial charge in [0, 0.05) is 33.8 Å². The highest BCUT2D eigenvalue weighted by atomic mass is 32.2. The highest BCUT2D eigenvalue weighted by Gasteiger charge is 2.36. The van der Waals surface area contributed by atoms with Crippen LogP contribution < -0.4 is 14.9 Å². The van der Waals surface area contributed by atoms with Crippen molar-refractivity contribution in [3.05, 3.63) is 126 Å². The monoisotopic (exact) mass is 711 g/mol. The predicted molar refractivity (Wildman–Crippen MR) is 199 cm³/mol. The molecule has 2 N–H and O–H groups in total. The number of pyridine rings is 1. The summed E-state index contributed by atoms with van der Waals surface area (Å²) in [6.45, 7) is 1.55. The Labute approximate surface area is 294 Å². The third kappa shape index (κ3) is 7.73. The second kappa shape index (κ2) is 15.6. The lowest BCUT2D eigenvalue weighted by Crippen LogP contribution is -2.36. The summed E-state index contributed by atoms with van der Waals surface area (Å²) < 4.78 is 28.0. The number of aromatic nitrogens is 3. The molecule has 4 aromatic carbocycles. The number of methoxy groups -OCH3 is 1. The number of esters is 1. The molecule has 0 unspecified atom stereocenters. The van der Waals surface area contributed by atoms with Gasteiger partial charge in [-0.3, -0.25) is 14.6 Å². The van der Waals surface area contributed by atoms with E-state index in [1.54, 1.807) is 38.4 Å². The molecule has 0 aliphatic rings. The van der Waals surface area contributed by atoms with E-state index in [0.29, 0.717) is 33.6 Å². The van der Waals surface area contributed by atoms with Crippen LogP contribution in [0.15, 0.2) is 119 Å². The summed E-state index contributed by atoms with van der Waals surface area (Å²) in [5.74, 6) is -0.481. The molecule has 0 aliphatic carbocycles. The van der Waals surface area contributed by atoms with E-state index in [-0.39, 0.29) is 19.4 Å². The van der Waals surface area contributed by atoms with Crippen LogP contribution >= 0.6 is 32.9 Å². The van der Waals surface area contributed by atoms with Crippen LogP contribution in [0.3, 0.4) is 0 Å². The maximum absolute atomic E-state index is 15.3. The van der Waals surface area contributed by atoms with E-state index in [9.17, 15) is 9.59 Å². The highest BCUT2D eigenvalue weighted by Crippen LogP contribution is 2.49. The van der Waals surface area contributed by atoms with Gasteiger partial charge in [0.25, 0.3) is 5.91 Å². The lowest BCUT2D eigenvalue weighted by atomic mass is 10.1. The average molecular weight is 712 g/mol. The molecule has 0 aliphatic heterocycles. The van der Waals surface area contributed by atoms with Gasteiger partial charge in [0.2, 0.25) is 0 Å². The number of benzene rings is 4. The second-order valence-electron chi connectivity index (χ2n) is 10.7. The van der Waals surface area contributed by atoms with Gasteiger partial charge in [0.05, 0.1) is 29.6 Å². The van der Waals surface area contributed by atoms with Crippen molar-refractivity contribution in [2.75, 3.05) is 14.2 Å². The molecule has 6 aromatic rings. The Balaban J connectivity index is 0.00000468. The quantitative estimate of drug-likeness (QED) is 0.103. The van der Waals surface area contributed by atoms with Gasteiger partial charge in [0.15, 0.2) is 0 Å². The summed E-state index contributed by atoms with van der Waals surface area (Å²) in [5, 5.41) is 12.7. The molecule has 2 heterocycles. The summed E-state index contributed by atoms with van der Waals surface area (Å²) in [6, 6.07) is 30.6. The Morgan fingerprint density at radius 3 is 2.45 bits per heavy atom. The molecule has 0 saturated heterocycles. The van der Waals surface area contributed by atoms with Crippen LogP contribution in [0.2, 0.25) is 0 Å². The first-order valence-electron chi connectivity index (χ1n) is 15.0. The summed E-state index contributed by atoms with van der Waals surface area (Å²) in [6.07, 6.45) is 5.30. The molecule has 2 atom stereocenters.